The maximum absolute atomic E-state index is 12.2. The largest absolute Gasteiger partial charge is 0.338 e. The topological polar surface area (TPSA) is 82.3 Å². The van der Waals surface area contributed by atoms with Crippen LogP contribution in [-0.4, -0.2) is 25.2 Å². The van der Waals surface area contributed by atoms with Crippen molar-refractivity contribution in [1.82, 2.24) is 21.3 Å². The standard InChI is InChI=1S/C41H68N4O2/c1-3-5-7-9-11-13-15-17-19-21-31-42-40(46)44-34-38-27-23-36(24-28-38)33-37-25-29-39(30-26-37)35-45-41(47)43-32-22-20-18-16-14-12-10-8-6-4-2/h23-30H,3-22,31-35H2,1-2H3,(H2,42,44,46)(H2,43,45,47). The van der Waals surface area contributed by atoms with Gasteiger partial charge in [-0.25, -0.2) is 9.59 Å². The summed E-state index contributed by atoms with van der Waals surface area (Å²) >= 11 is 0. The number of rotatable bonds is 28. The molecule has 0 aliphatic heterocycles. The minimum atomic E-state index is -0.0915. The summed E-state index contributed by atoms with van der Waals surface area (Å²) in [7, 11) is 0. The zero-order valence-electron chi connectivity index (χ0n) is 30.1. The molecule has 2 rings (SSSR count). The maximum Gasteiger partial charge on any atom is 0.315 e. The predicted octanol–water partition coefficient (Wildman–Crippen LogP) is 10.7. The molecule has 0 aliphatic carbocycles. The fraction of sp³-hybridized carbons (Fsp3) is 0.659. The van der Waals surface area contributed by atoms with E-state index in [-0.39, 0.29) is 12.1 Å². The van der Waals surface area contributed by atoms with Crippen molar-refractivity contribution in [2.75, 3.05) is 13.1 Å². The molecule has 47 heavy (non-hydrogen) atoms. The van der Waals surface area contributed by atoms with Crippen molar-refractivity contribution in [3.63, 3.8) is 0 Å². The van der Waals surface area contributed by atoms with Crippen LogP contribution in [0.1, 0.15) is 165 Å². The van der Waals surface area contributed by atoms with E-state index < -0.39 is 0 Å². The maximum atomic E-state index is 12.2. The molecule has 0 radical (unpaired) electrons. The second-order valence-electron chi connectivity index (χ2n) is 13.4. The zero-order valence-corrected chi connectivity index (χ0v) is 30.1. The van der Waals surface area contributed by atoms with Gasteiger partial charge in [0.25, 0.3) is 0 Å². The lowest BCUT2D eigenvalue weighted by Gasteiger charge is -2.10. The minimum absolute atomic E-state index is 0.0915. The number of amides is 4. The fourth-order valence-electron chi connectivity index (χ4n) is 5.90. The van der Waals surface area contributed by atoms with E-state index in [9.17, 15) is 9.59 Å². The first-order valence-corrected chi connectivity index (χ1v) is 19.3. The third kappa shape index (κ3) is 22.2. The van der Waals surface area contributed by atoms with Crippen molar-refractivity contribution in [1.29, 1.82) is 0 Å². The Balaban J connectivity index is 1.49. The molecule has 0 saturated carbocycles. The van der Waals surface area contributed by atoms with Crippen molar-refractivity contribution >= 4 is 12.1 Å². The summed E-state index contributed by atoms with van der Waals surface area (Å²) in [5.41, 5.74) is 4.65. The number of benzene rings is 2. The Morgan fingerprint density at radius 2 is 0.660 bits per heavy atom. The first kappa shape index (κ1) is 40.2. The summed E-state index contributed by atoms with van der Waals surface area (Å²) < 4.78 is 0. The average molecular weight is 649 g/mol. The Morgan fingerprint density at radius 1 is 0.383 bits per heavy atom. The molecule has 6 heteroatoms. The number of hydrogen-bond acceptors (Lipinski definition) is 2. The first-order valence-electron chi connectivity index (χ1n) is 19.3. The monoisotopic (exact) mass is 649 g/mol. The molecule has 0 bridgehead atoms. The smallest absolute Gasteiger partial charge is 0.315 e. The van der Waals surface area contributed by atoms with Crippen LogP contribution >= 0.6 is 0 Å². The van der Waals surface area contributed by atoms with Crippen molar-refractivity contribution in [3.05, 3.63) is 70.8 Å². The van der Waals surface area contributed by atoms with E-state index in [0.717, 1.165) is 43.5 Å². The highest BCUT2D eigenvalue weighted by Gasteiger charge is 2.04. The third-order valence-electron chi connectivity index (χ3n) is 8.99. The summed E-state index contributed by atoms with van der Waals surface area (Å²) in [5, 5.41) is 11.9. The molecule has 4 N–H and O–H groups in total. The second-order valence-corrected chi connectivity index (χ2v) is 13.4. The SMILES string of the molecule is CCCCCCCCCCCCNC(=O)NCc1ccc(Cc2ccc(CNC(=O)NCCCCCCCCCCCC)cc2)cc1. The Bertz CT molecular complexity index is 955. The van der Waals surface area contributed by atoms with Gasteiger partial charge >= 0.3 is 12.1 Å². The molecule has 0 fully saturated rings. The van der Waals surface area contributed by atoms with Crippen molar-refractivity contribution in [2.24, 2.45) is 0 Å². The van der Waals surface area contributed by atoms with E-state index in [4.69, 9.17) is 0 Å². The quantitative estimate of drug-likeness (QED) is 0.0693. The van der Waals surface area contributed by atoms with Crippen molar-refractivity contribution < 1.29 is 9.59 Å². The molecule has 2 aromatic carbocycles. The fourth-order valence-corrected chi connectivity index (χ4v) is 5.90. The highest BCUT2D eigenvalue weighted by molar-refractivity contribution is 5.74. The summed E-state index contributed by atoms with van der Waals surface area (Å²) in [6.07, 6.45) is 26.8. The van der Waals surface area contributed by atoms with Gasteiger partial charge in [-0.2, -0.15) is 0 Å². The van der Waals surface area contributed by atoms with Gasteiger partial charge in [0.05, 0.1) is 0 Å². The van der Waals surface area contributed by atoms with E-state index in [1.165, 1.54) is 127 Å². The number of carbonyl (C=O) groups is 2. The van der Waals surface area contributed by atoms with Gasteiger partial charge in [0.2, 0.25) is 0 Å². The molecule has 2 aromatic rings. The van der Waals surface area contributed by atoms with Crippen LogP contribution < -0.4 is 21.3 Å². The molecule has 0 aliphatic rings. The van der Waals surface area contributed by atoms with Crippen LogP contribution in [0.25, 0.3) is 0 Å². The van der Waals surface area contributed by atoms with Crippen LogP contribution in [0, 0.1) is 0 Å². The van der Waals surface area contributed by atoms with E-state index in [0.29, 0.717) is 13.1 Å². The van der Waals surface area contributed by atoms with E-state index in [1.807, 2.05) is 0 Å². The summed E-state index contributed by atoms with van der Waals surface area (Å²) in [6, 6.07) is 16.7. The van der Waals surface area contributed by atoms with E-state index in [1.54, 1.807) is 0 Å². The molecule has 4 amide bonds. The number of unbranched alkanes of at least 4 members (excludes halogenated alkanes) is 18. The minimum Gasteiger partial charge on any atom is -0.338 e. The van der Waals surface area contributed by atoms with Gasteiger partial charge in [0, 0.05) is 26.2 Å². The molecular weight excluding hydrogens is 580 g/mol. The highest BCUT2D eigenvalue weighted by Crippen LogP contribution is 2.14. The normalized spacial score (nSPS) is 10.9. The van der Waals surface area contributed by atoms with Gasteiger partial charge in [-0.1, -0.05) is 178 Å². The average Bonchev–Trinajstić information content (AvgIpc) is 3.09. The molecule has 0 saturated heterocycles. The molecule has 0 spiro atoms. The van der Waals surface area contributed by atoms with Gasteiger partial charge in [-0.15, -0.1) is 0 Å². The summed E-state index contributed by atoms with van der Waals surface area (Å²) in [6.45, 7) is 7.05. The molecule has 264 valence electrons. The van der Waals surface area contributed by atoms with Gasteiger partial charge < -0.3 is 21.3 Å². The van der Waals surface area contributed by atoms with Crippen LogP contribution in [0.4, 0.5) is 9.59 Å². The van der Waals surface area contributed by atoms with Crippen LogP contribution in [0.2, 0.25) is 0 Å². The molecule has 0 atom stereocenters. The van der Waals surface area contributed by atoms with Crippen LogP contribution in [-0.2, 0) is 19.5 Å². The van der Waals surface area contributed by atoms with E-state index >= 15 is 0 Å². The molecule has 6 nitrogen and oxygen atoms in total. The lowest BCUT2D eigenvalue weighted by molar-refractivity contribution is 0.239. The predicted molar refractivity (Wildman–Crippen MR) is 200 cm³/mol. The number of urea groups is 2. The number of nitrogens with one attached hydrogen (secondary N) is 4. The van der Waals surface area contributed by atoms with Crippen molar-refractivity contribution in [3.8, 4) is 0 Å². The summed E-state index contributed by atoms with van der Waals surface area (Å²) in [4.78, 5) is 24.4. The highest BCUT2D eigenvalue weighted by atomic mass is 16.2. The Morgan fingerprint density at radius 3 is 0.979 bits per heavy atom. The lowest BCUT2D eigenvalue weighted by atomic mass is 10.0. The zero-order chi connectivity index (χ0) is 33.6. The van der Waals surface area contributed by atoms with Gasteiger partial charge in [0.1, 0.15) is 0 Å². The van der Waals surface area contributed by atoms with Crippen LogP contribution in [0.3, 0.4) is 0 Å². The Kier molecular flexibility index (Phi) is 24.0. The molecule has 0 unspecified atom stereocenters. The van der Waals surface area contributed by atoms with Gasteiger partial charge in [-0.3, -0.25) is 0 Å². The summed E-state index contributed by atoms with van der Waals surface area (Å²) in [5.74, 6) is 0. The first-order chi connectivity index (χ1) is 23.1. The second kappa shape index (κ2) is 28.0. The third-order valence-corrected chi connectivity index (χ3v) is 8.99. The number of hydrogen-bond donors (Lipinski definition) is 4. The lowest BCUT2D eigenvalue weighted by Crippen LogP contribution is -2.35. The molecule has 0 heterocycles. The molecule has 0 aromatic heterocycles. The van der Waals surface area contributed by atoms with Gasteiger partial charge in [-0.05, 0) is 41.5 Å². The van der Waals surface area contributed by atoms with Crippen molar-refractivity contribution in [2.45, 2.75) is 162 Å². The Labute approximate surface area is 288 Å². The Hall–Kier alpha value is -3.02. The number of carbonyl (C=O) groups excluding carboxylic acids is 2. The van der Waals surface area contributed by atoms with E-state index in [2.05, 4.69) is 83.6 Å². The van der Waals surface area contributed by atoms with Crippen LogP contribution in [0.15, 0.2) is 48.5 Å². The van der Waals surface area contributed by atoms with Crippen LogP contribution in [0.5, 0.6) is 0 Å². The molecular formula is C41H68N4O2. The van der Waals surface area contributed by atoms with Gasteiger partial charge in [0.15, 0.2) is 0 Å².